The molecule has 0 heterocycles. The summed E-state index contributed by atoms with van der Waals surface area (Å²) in [5.74, 6) is -0.754. The van der Waals surface area contributed by atoms with Crippen molar-refractivity contribution >= 4 is 50.9 Å². The first-order valence-electron chi connectivity index (χ1n) is 6.69. The fourth-order valence-corrected chi connectivity index (χ4v) is 2.80. The Balaban J connectivity index is 1.87. The summed E-state index contributed by atoms with van der Waals surface area (Å²) < 4.78 is 14.2. The van der Waals surface area contributed by atoms with Crippen molar-refractivity contribution < 1.29 is 14.0 Å². The second-order valence-corrected chi connectivity index (χ2v) is 6.63. The highest BCUT2D eigenvalue weighted by Gasteiger charge is 2.08. The Morgan fingerprint density at radius 3 is 2.43 bits per heavy atom. The summed E-state index contributed by atoms with van der Waals surface area (Å²) in [6.45, 7) is 1.44. The standard InChI is InChI=1S/C16H14BrFN2O2S/c1-10(21)19-12-3-5-13(6-4-12)23-9-16(22)20-15-7-2-11(17)8-14(15)18/h2-8H,9H2,1H3,(H,19,21)(H,20,22). The molecule has 0 atom stereocenters. The van der Waals surface area contributed by atoms with Crippen LogP contribution in [-0.2, 0) is 9.59 Å². The summed E-state index contributed by atoms with van der Waals surface area (Å²) in [4.78, 5) is 23.7. The molecular formula is C16H14BrFN2O2S. The minimum Gasteiger partial charge on any atom is -0.326 e. The molecule has 0 fully saturated rings. The van der Waals surface area contributed by atoms with Gasteiger partial charge in [-0.3, -0.25) is 9.59 Å². The molecule has 7 heteroatoms. The van der Waals surface area contributed by atoms with Gasteiger partial charge in [0.05, 0.1) is 11.4 Å². The van der Waals surface area contributed by atoms with E-state index in [9.17, 15) is 14.0 Å². The van der Waals surface area contributed by atoms with Gasteiger partial charge in [0.1, 0.15) is 5.82 Å². The van der Waals surface area contributed by atoms with Crippen LogP contribution in [0.5, 0.6) is 0 Å². The first kappa shape index (κ1) is 17.5. The molecule has 2 N–H and O–H groups in total. The number of carbonyl (C=O) groups excluding carboxylic acids is 2. The van der Waals surface area contributed by atoms with Crippen molar-refractivity contribution in [2.75, 3.05) is 16.4 Å². The highest BCUT2D eigenvalue weighted by atomic mass is 79.9. The van der Waals surface area contributed by atoms with Crippen molar-refractivity contribution in [1.29, 1.82) is 0 Å². The lowest BCUT2D eigenvalue weighted by molar-refractivity contribution is -0.114. The largest absolute Gasteiger partial charge is 0.326 e. The van der Waals surface area contributed by atoms with Gasteiger partial charge < -0.3 is 10.6 Å². The molecule has 2 aromatic rings. The van der Waals surface area contributed by atoms with Crippen molar-refractivity contribution in [2.24, 2.45) is 0 Å². The van der Waals surface area contributed by atoms with E-state index in [0.29, 0.717) is 10.2 Å². The molecule has 0 aromatic heterocycles. The topological polar surface area (TPSA) is 58.2 Å². The Kier molecular flexibility index (Phi) is 6.18. The van der Waals surface area contributed by atoms with Crippen LogP contribution in [0.4, 0.5) is 15.8 Å². The molecule has 0 bridgehead atoms. The molecule has 0 unspecified atom stereocenters. The van der Waals surface area contributed by atoms with Gasteiger partial charge in [-0.25, -0.2) is 4.39 Å². The summed E-state index contributed by atoms with van der Waals surface area (Å²) in [6.07, 6.45) is 0. The average Bonchev–Trinajstić information content (AvgIpc) is 2.49. The molecule has 0 aliphatic heterocycles. The summed E-state index contributed by atoms with van der Waals surface area (Å²) in [5, 5.41) is 5.20. The van der Waals surface area contributed by atoms with Gasteiger partial charge in [0, 0.05) is 22.0 Å². The third-order valence-electron chi connectivity index (χ3n) is 2.75. The monoisotopic (exact) mass is 396 g/mol. The molecule has 0 saturated heterocycles. The van der Waals surface area contributed by atoms with Crippen LogP contribution < -0.4 is 10.6 Å². The maximum atomic E-state index is 13.6. The molecule has 23 heavy (non-hydrogen) atoms. The van der Waals surface area contributed by atoms with Crippen molar-refractivity contribution in [3.8, 4) is 0 Å². The van der Waals surface area contributed by atoms with Gasteiger partial charge in [0.2, 0.25) is 11.8 Å². The third-order valence-corrected chi connectivity index (χ3v) is 4.26. The van der Waals surface area contributed by atoms with Crippen LogP contribution in [0.3, 0.4) is 0 Å². The Labute approximate surface area is 146 Å². The fraction of sp³-hybridized carbons (Fsp3) is 0.125. The molecule has 2 rings (SSSR count). The number of amides is 2. The van der Waals surface area contributed by atoms with Gasteiger partial charge in [-0.15, -0.1) is 11.8 Å². The number of rotatable bonds is 5. The number of anilines is 2. The van der Waals surface area contributed by atoms with E-state index in [1.165, 1.54) is 30.8 Å². The number of benzene rings is 2. The number of thioether (sulfide) groups is 1. The Morgan fingerprint density at radius 1 is 1.13 bits per heavy atom. The van der Waals surface area contributed by atoms with E-state index in [0.717, 1.165) is 4.90 Å². The van der Waals surface area contributed by atoms with Crippen LogP contribution in [0.2, 0.25) is 0 Å². The molecule has 2 amide bonds. The zero-order valence-electron chi connectivity index (χ0n) is 12.2. The van der Waals surface area contributed by atoms with Gasteiger partial charge in [0.15, 0.2) is 0 Å². The molecule has 2 aromatic carbocycles. The molecule has 0 aliphatic rings. The molecular weight excluding hydrogens is 383 g/mol. The summed E-state index contributed by atoms with van der Waals surface area (Å²) >= 11 is 4.49. The number of nitrogens with one attached hydrogen (secondary N) is 2. The minimum absolute atomic E-state index is 0.138. The fourth-order valence-electron chi connectivity index (χ4n) is 1.76. The first-order valence-corrected chi connectivity index (χ1v) is 8.47. The van der Waals surface area contributed by atoms with Gasteiger partial charge in [-0.2, -0.15) is 0 Å². The number of halogens is 2. The van der Waals surface area contributed by atoms with E-state index in [1.807, 2.05) is 12.1 Å². The van der Waals surface area contributed by atoms with E-state index in [2.05, 4.69) is 26.6 Å². The lowest BCUT2D eigenvalue weighted by atomic mass is 10.3. The van der Waals surface area contributed by atoms with Gasteiger partial charge in [-0.1, -0.05) is 15.9 Å². The number of carbonyl (C=O) groups is 2. The SMILES string of the molecule is CC(=O)Nc1ccc(SCC(=O)Nc2ccc(Br)cc2F)cc1. The lowest BCUT2D eigenvalue weighted by Crippen LogP contribution is -2.15. The lowest BCUT2D eigenvalue weighted by Gasteiger charge is -2.07. The van der Waals surface area contributed by atoms with Crippen LogP contribution in [0, 0.1) is 5.82 Å². The maximum absolute atomic E-state index is 13.6. The summed E-state index contributed by atoms with van der Waals surface area (Å²) in [6, 6.07) is 11.6. The van der Waals surface area contributed by atoms with Gasteiger partial charge in [-0.05, 0) is 42.5 Å². The molecule has 4 nitrogen and oxygen atoms in total. The quantitative estimate of drug-likeness (QED) is 0.741. The predicted octanol–water partition coefficient (Wildman–Crippen LogP) is 4.28. The van der Waals surface area contributed by atoms with Crippen LogP contribution in [0.1, 0.15) is 6.92 Å². The van der Waals surface area contributed by atoms with E-state index in [-0.39, 0.29) is 23.3 Å². The normalized spacial score (nSPS) is 10.2. The second kappa shape index (κ2) is 8.12. The Hall–Kier alpha value is -1.86. The highest BCUT2D eigenvalue weighted by molar-refractivity contribution is 9.10. The van der Waals surface area contributed by atoms with E-state index in [1.54, 1.807) is 18.2 Å². The Morgan fingerprint density at radius 2 is 1.83 bits per heavy atom. The van der Waals surface area contributed by atoms with Crippen molar-refractivity contribution in [2.45, 2.75) is 11.8 Å². The van der Waals surface area contributed by atoms with Crippen LogP contribution in [-0.4, -0.2) is 17.6 Å². The number of hydrogen-bond acceptors (Lipinski definition) is 3. The van der Waals surface area contributed by atoms with Crippen LogP contribution >= 0.6 is 27.7 Å². The molecule has 0 radical (unpaired) electrons. The molecule has 0 aliphatic carbocycles. The zero-order chi connectivity index (χ0) is 16.8. The van der Waals surface area contributed by atoms with Gasteiger partial charge in [0.25, 0.3) is 0 Å². The van der Waals surface area contributed by atoms with E-state index in [4.69, 9.17) is 0 Å². The third kappa shape index (κ3) is 5.69. The van der Waals surface area contributed by atoms with Crippen molar-refractivity contribution in [3.05, 3.63) is 52.8 Å². The van der Waals surface area contributed by atoms with Gasteiger partial charge >= 0.3 is 0 Å². The molecule has 120 valence electrons. The molecule has 0 saturated carbocycles. The summed E-state index contributed by atoms with van der Waals surface area (Å²) in [5.41, 5.74) is 0.850. The minimum atomic E-state index is -0.489. The highest BCUT2D eigenvalue weighted by Crippen LogP contribution is 2.22. The molecule has 0 spiro atoms. The zero-order valence-corrected chi connectivity index (χ0v) is 14.6. The van der Waals surface area contributed by atoms with E-state index < -0.39 is 5.82 Å². The predicted molar refractivity (Wildman–Crippen MR) is 94.2 cm³/mol. The van der Waals surface area contributed by atoms with E-state index >= 15 is 0 Å². The van der Waals surface area contributed by atoms with Crippen molar-refractivity contribution in [1.82, 2.24) is 0 Å². The van der Waals surface area contributed by atoms with Crippen LogP contribution in [0.15, 0.2) is 51.8 Å². The Bertz CT molecular complexity index is 723. The maximum Gasteiger partial charge on any atom is 0.234 e. The number of hydrogen-bond donors (Lipinski definition) is 2. The second-order valence-electron chi connectivity index (χ2n) is 4.67. The summed E-state index contributed by atoms with van der Waals surface area (Å²) in [7, 11) is 0. The average molecular weight is 397 g/mol. The smallest absolute Gasteiger partial charge is 0.234 e. The first-order chi connectivity index (χ1) is 10.9. The van der Waals surface area contributed by atoms with Crippen LogP contribution in [0.25, 0.3) is 0 Å². The van der Waals surface area contributed by atoms with Crippen molar-refractivity contribution in [3.63, 3.8) is 0 Å².